The van der Waals surface area contributed by atoms with Crippen LogP contribution in [0, 0.1) is 12.8 Å². The van der Waals surface area contributed by atoms with Crippen LogP contribution >= 0.6 is 0 Å². The number of nitrogens with one attached hydrogen (secondary N) is 1. The number of benzene rings is 1. The third kappa shape index (κ3) is 2.66. The highest BCUT2D eigenvalue weighted by Gasteiger charge is 2.20. The largest absolute Gasteiger partial charge is 0.439 e. The summed E-state index contributed by atoms with van der Waals surface area (Å²) in [4.78, 5) is 7.83. The molecule has 0 amide bonds. The van der Waals surface area contributed by atoms with Gasteiger partial charge in [-0.15, -0.1) is 0 Å². The van der Waals surface area contributed by atoms with Crippen LogP contribution in [-0.2, 0) is 0 Å². The molecule has 4 nitrogen and oxygen atoms in total. The number of para-hydroxylation sites is 1. The normalized spacial score (nSPS) is 14.4. The molecule has 0 saturated carbocycles. The maximum atomic E-state index is 6.26. The Morgan fingerprint density at radius 3 is 2.86 bits per heavy atom. The minimum atomic E-state index is -0.146. The third-order valence-electron chi connectivity index (χ3n) is 4.32. The molecule has 3 aromatic rings. The van der Waals surface area contributed by atoms with Crippen LogP contribution in [0.25, 0.3) is 22.2 Å². The summed E-state index contributed by atoms with van der Waals surface area (Å²) < 4.78 is 6.02. The first-order chi connectivity index (χ1) is 10.6. The van der Waals surface area contributed by atoms with E-state index in [1.54, 1.807) is 0 Å². The minimum absolute atomic E-state index is 0.146. The average molecular weight is 297 g/mol. The fourth-order valence-electron chi connectivity index (χ4n) is 2.79. The first-order valence-corrected chi connectivity index (χ1v) is 7.89. The topological polar surface area (TPSA) is 67.8 Å². The second kappa shape index (κ2) is 5.97. The first kappa shape index (κ1) is 14.9. The molecule has 0 spiro atoms. The van der Waals surface area contributed by atoms with E-state index in [9.17, 15) is 0 Å². The van der Waals surface area contributed by atoms with Crippen molar-refractivity contribution in [2.75, 3.05) is 0 Å². The molecule has 2 aromatic heterocycles. The number of H-pyrrole nitrogens is 1. The van der Waals surface area contributed by atoms with Crippen LogP contribution in [-0.4, -0.2) is 9.97 Å². The number of aromatic amines is 1. The van der Waals surface area contributed by atoms with Gasteiger partial charge in [0.15, 0.2) is 5.76 Å². The van der Waals surface area contributed by atoms with Crippen LogP contribution in [0.1, 0.15) is 44.3 Å². The zero-order valence-electron chi connectivity index (χ0n) is 13.4. The molecule has 3 rings (SSSR count). The zero-order chi connectivity index (χ0) is 15.7. The lowest BCUT2D eigenvalue weighted by Crippen LogP contribution is -2.14. The van der Waals surface area contributed by atoms with Crippen molar-refractivity contribution >= 4 is 10.9 Å². The lowest BCUT2D eigenvalue weighted by atomic mass is 10.00. The molecule has 2 heterocycles. The number of aromatic nitrogens is 2. The molecule has 0 fully saturated rings. The molecule has 0 saturated heterocycles. The Labute approximate surface area is 130 Å². The van der Waals surface area contributed by atoms with Gasteiger partial charge in [-0.3, -0.25) is 0 Å². The van der Waals surface area contributed by atoms with Crippen molar-refractivity contribution in [3.05, 3.63) is 42.0 Å². The molecule has 4 heteroatoms. The number of hydrogen-bond acceptors (Lipinski definition) is 3. The standard InChI is InChI=1S/C18H23N3O/c1-4-11(2)9-15(19)18-21-12(3)17(22-18)14-10-20-16-8-6-5-7-13(14)16/h5-8,10-11,15,20H,4,9,19H2,1-3H3/t11-,15-/m0/s1. The Morgan fingerprint density at radius 1 is 1.32 bits per heavy atom. The van der Waals surface area contributed by atoms with E-state index in [1.165, 1.54) is 0 Å². The molecule has 22 heavy (non-hydrogen) atoms. The van der Waals surface area contributed by atoms with Crippen LogP contribution in [0.5, 0.6) is 0 Å². The zero-order valence-corrected chi connectivity index (χ0v) is 13.4. The minimum Gasteiger partial charge on any atom is -0.439 e. The number of rotatable bonds is 5. The van der Waals surface area contributed by atoms with E-state index in [0.29, 0.717) is 11.8 Å². The molecule has 0 aliphatic rings. The number of hydrogen-bond donors (Lipinski definition) is 2. The van der Waals surface area contributed by atoms with Gasteiger partial charge < -0.3 is 15.1 Å². The molecule has 0 bridgehead atoms. The van der Waals surface area contributed by atoms with Gasteiger partial charge in [-0.25, -0.2) is 4.98 Å². The van der Waals surface area contributed by atoms with Crippen molar-refractivity contribution < 1.29 is 4.42 Å². The van der Waals surface area contributed by atoms with E-state index in [2.05, 4.69) is 35.9 Å². The van der Waals surface area contributed by atoms with Gasteiger partial charge in [-0.1, -0.05) is 38.5 Å². The van der Waals surface area contributed by atoms with Crippen molar-refractivity contribution in [1.29, 1.82) is 0 Å². The van der Waals surface area contributed by atoms with Gasteiger partial charge in [0.05, 0.1) is 11.7 Å². The fourth-order valence-corrected chi connectivity index (χ4v) is 2.79. The summed E-state index contributed by atoms with van der Waals surface area (Å²) in [7, 11) is 0. The number of nitrogens with zero attached hydrogens (tertiary/aromatic N) is 1. The predicted molar refractivity (Wildman–Crippen MR) is 89.5 cm³/mol. The fraction of sp³-hybridized carbons (Fsp3) is 0.389. The summed E-state index contributed by atoms with van der Waals surface area (Å²) in [5.74, 6) is 2.02. The second-order valence-electron chi connectivity index (χ2n) is 6.07. The second-order valence-corrected chi connectivity index (χ2v) is 6.07. The Balaban J connectivity index is 1.96. The van der Waals surface area contributed by atoms with E-state index in [1.807, 2.05) is 25.3 Å². The summed E-state index contributed by atoms with van der Waals surface area (Å²) in [5.41, 5.74) is 9.28. The maximum Gasteiger partial charge on any atom is 0.212 e. The van der Waals surface area contributed by atoms with Crippen molar-refractivity contribution in [3.8, 4) is 11.3 Å². The van der Waals surface area contributed by atoms with Gasteiger partial charge in [0, 0.05) is 22.7 Å². The molecule has 0 aliphatic heterocycles. The van der Waals surface area contributed by atoms with Gasteiger partial charge in [0.2, 0.25) is 5.89 Å². The van der Waals surface area contributed by atoms with Crippen LogP contribution in [0.2, 0.25) is 0 Å². The van der Waals surface area contributed by atoms with Crippen molar-refractivity contribution in [3.63, 3.8) is 0 Å². The monoisotopic (exact) mass is 297 g/mol. The van der Waals surface area contributed by atoms with Gasteiger partial charge in [0.1, 0.15) is 0 Å². The summed E-state index contributed by atoms with van der Waals surface area (Å²) in [5, 5.41) is 1.14. The summed E-state index contributed by atoms with van der Waals surface area (Å²) in [6.07, 6.45) is 3.98. The molecule has 3 N–H and O–H groups in total. The third-order valence-corrected chi connectivity index (χ3v) is 4.32. The molecule has 2 atom stereocenters. The highest BCUT2D eigenvalue weighted by molar-refractivity contribution is 5.94. The lowest BCUT2D eigenvalue weighted by molar-refractivity contribution is 0.390. The Morgan fingerprint density at radius 2 is 2.09 bits per heavy atom. The number of fused-ring (bicyclic) bond motifs is 1. The Hall–Kier alpha value is -2.07. The summed E-state index contributed by atoms with van der Waals surface area (Å²) in [6.45, 7) is 6.35. The molecule has 0 unspecified atom stereocenters. The van der Waals surface area contributed by atoms with Gasteiger partial charge in [0.25, 0.3) is 0 Å². The number of oxazole rings is 1. The van der Waals surface area contributed by atoms with Crippen LogP contribution in [0.3, 0.4) is 0 Å². The smallest absolute Gasteiger partial charge is 0.212 e. The Bertz CT molecular complexity index is 772. The van der Waals surface area contributed by atoms with Gasteiger partial charge in [-0.2, -0.15) is 0 Å². The molecule has 116 valence electrons. The Kier molecular flexibility index (Phi) is 4.03. The molecule has 1 aromatic carbocycles. The van der Waals surface area contributed by atoms with E-state index < -0.39 is 0 Å². The van der Waals surface area contributed by atoms with E-state index in [-0.39, 0.29) is 6.04 Å². The van der Waals surface area contributed by atoms with Crippen LogP contribution in [0.4, 0.5) is 0 Å². The summed E-state index contributed by atoms with van der Waals surface area (Å²) in [6, 6.07) is 8.04. The molecular formula is C18H23N3O. The van der Waals surface area contributed by atoms with Crippen LogP contribution in [0.15, 0.2) is 34.9 Å². The molecule has 0 radical (unpaired) electrons. The van der Waals surface area contributed by atoms with Crippen molar-refractivity contribution in [2.45, 2.75) is 39.7 Å². The highest BCUT2D eigenvalue weighted by atomic mass is 16.4. The van der Waals surface area contributed by atoms with Gasteiger partial charge in [-0.05, 0) is 25.3 Å². The first-order valence-electron chi connectivity index (χ1n) is 7.89. The number of aryl methyl sites for hydroxylation is 1. The van der Waals surface area contributed by atoms with Crippen molar-refractivity contribution in [2.24, 2.45) is 11.7 Å². The molecular weight excluding hydrogens is 274 g/mol. The van der Waals surface area contributed by atoms with E-state index in [4.69, 9.17) is 10.2 Å². The highest BCUT2D eigenvalue weighted by Crippen LogP contribution is 2.33. The maximum absolute atomic E-state index is 6.26. The summed E-state index contributed by atoms with van der Waals surface area (Å²) >= 11 is 0. The van der Waals surface area contributed by atoms with Crippen LogP contribution < -0.4 is 5.73 Å². The predicted octanol–water partition coefficient (Wildman–Crippen LogP) is 4.57. The lowest BCUT2D eigenvalue weighted by Gasteiger charge is -2.12. The SMILES string of the molecule is CC[C@H](C)C[C@H](N)c1nc(C)c(-c2c[nH]c3ccccc23)o1. The average Bonchev–Trinajstić information content (AvgIpc) is 3.10. The van der Waals surface area contributed by atoms with Crippen molar-refractivity contribution in [1.82, 2.24) is 9.97 Å². The van der Waals surface area contributed by atoms with E-state index >= 15 is 0 Å². The molecule has 0 aliphatic carbocycles. The number of nitrogens with two attached hydrogens (primary N) is 1. The van der Waals surface area contributed by atoms with E-state index in [0.717, 1.165) is 40.8 Å². The van der Waals surface area contributed by atoms with Gasteiger partial charge >= 0.3 is 0 Å². The quantitative estimate of drug-likeness (QED) is 0.725.